The first-order valence-electron chi connectivity index (χ1n) is 12.9. The van der Waals surface area contributed by atoms with Gasteiger partial charge in [-0.1, -0.05) is 53.7 Å². The second-order valence-electron chi connectivity index (χ2n) is 9.11. The van der Waals surface area contributed by atoms with E-state index in [9.17, 15) is 9.59 Å². The first-order valence-corrected chi connectivity index (χ1v) is 13.7. The highest BCUT2D eigenvalue weighted by Crippen LogP contribution is 2.36. The van der Waals surface area contributed by atoms with Gasteiger partial charge in [0.2, 0.25) is 0 Å². The predicted octanol–water partition coefficient (Wildman–Crippen LogP) is 3.98. The van der Waals surface area contributed by atoms with Crippen molar-refractivity contribution in [2.24, 2.45) is 4.99 Å². The molecule has 9 heteroatoms. The molecule has 4 aromatic rings. The van der Waals surface area contributed by atoms with Gasteiger partial charge in [0.15, 0.2) is 16.3 Å². The van der Waals surface area contributed by atoms with Gasteiger partial charge in [-0.2, -0.15) is 0 Å². The van der Waals surface area contributed by atoms with Crippen molar-refractivity contribution in [2.75, 3.05) is 27.4 Å². The van der Waals surface area contributed by atoms with E-state index in [4.69, 9.17) is 25.4 Å². The van der Waals surface area contributed by atoms with E-state index in [1.807, 2.05) is 36.4 Å². The predicted molar refractivity (Wildman–Crippen MR) is 158 cm³/mol. The maximum absolute atomic E-state index is 14.2. The third-order valence-corrected chi connectivity index (χ3v) is 7.74. The van der Waals surface area contributed by atoms with Crippen molar-refractivity contribution in [2.45, 2.75) is 19.9 Å². The van der Waals surface area contributed by atoms with Crippen molar-refractivity contribution >= 4 is 34.2 Å². The Kier molecular flexibility index (Phi) is 7.95. The normalized spacial score (nSPS) is 14.7. The topological polar surface area (TPSA) is 88.3 Å². The number of thiazole rings is 1. The summed E-state index contributed by atoms with van der Waals surface area (Å²) in [5.74, 6) is 3.51. The highest BCUT2D eigenvalue weighted by Gasteiger charge is 2.34. The van der Waals surface area contributed by atoms with Crippen molar-refractivity contribution in [3.63, 3.8) is 0 Å². The number of carbonyl (C=O) groups is 1. The minimum Gasteiger partial charge on any atom is -0.493 e. The van der Waals surface area contributed by atoms with Gasteiger partial charge in [0.1, 0.15) is 12.4 Å². The molecule has 41 heavy (non-hydrogen) atoms. The highest BCUT2D eigenvalue weighted by molar-refractivity contribution is 7.07. The minimum absolute atomic E-state index is 0.0851. The van der Waals surface area contributed by atoms with Crippen molar-refractivity contribution < 1.29 is 23.7 Å². The third kappa shape index (κ3) is 5.10. The number of methoxy groups -OCH3 is 2. The molecule has 2 heterocycles. The monoisotopic (exact) mass is 568 g/mol. The Hall–Kier alpha value is -4.81. The van der Waals surface area contributed by atoms with Gasteiger partial charge in [0.25, 0.3) is 5.56 Å². The lowest BCUT2D eigenvalue weighted by Crippen LogP contribution is -2.40. The number of rotatable bonds is 8. The number of benzene rings is 3. The number of nitrogens with zero attached hydrogens (tertiary/aromatic N) is 2. The summed E-state index contributed by atoms with van der Waals surface area (Å²) in [6, 6.07) is 16.1. The van der Waals surface area contributed by atoms with Crippen molar-refractivity contribution in [3.8, 4) is 29.6 Å². The van der Waals surface area contributed by atoms with E-state index < -0.39 is 12.0 Å². The smallest absolute Gasteiger partial charge is 0.338 e. The van der Waals surface area contributed by atoms with E-state index in [1.165, 1.54) is 23.0 Å². The average molecular weight is 569 g/mol. The summed E-state index contributed by atoms with van der Waals surface area (Å²) in [4.78, 5) is 32.5. The van der Waals surface area contributed by atoms with Crippen LogP contribution in [0.25, 0.3) is 16.8 Å². The number of allylic oxidation sites excluding steroid dienone is 1. The number of esters is 1. The van der Waals surface area contributed by atoms with Crippen LogP contribution in [-0.4, -0.2) is 38.0 Å². The maximum Gasteiger partial charge on any atom is 0.338 e. The lowest BCUT2D eigenvalue weighted by Gasteiger charge is -2.25. The SMILES string of the molecule is C#CCOc1ccc2ccccc2c1/C=c1\sc2n(c1=O)[C@H](c1ccc(OC)c(OC)c1)C(C(=O)OCC)=C(C)N=2. The molecule has 1 atom stereocenters. The van der Waals surface area contributed by atoms with Crippen molar-refractivity contribution in [1.29, 1.82) is 0 Å². The molecule has 8 nitrogen and oxygen atoms in total. The van der Waals surface area contributed by atoms with E-state index in [-0.39, 0.29) is 24.3 Å². The van der Waals surface area contributed by atoms with Crippen LogP contribution in [0.3, 0.4) is 0 Å². The highest BCUT2D eigenvalue weighted by atomic mass is 32.1. The molecule has 3 aromatic carbocycles. The second kappa shape index (κ2) is 11.7. The van der Waals surface area contributed by atoms with Crippen molar-refractivity contribution in [1.82, 2.24) is 4.57 Å². The molecule has 0 aliphatic carbocycles. The van der Waals surface area contributed by atoms with Crippen LogP contribution in [-0.2, 0) is 9.53 Å². The zero-order valence-electron chi connectivity index (χ0n) is 23.1. The fourth-order valence-electron chi connectivity index (χ4n) is 4.93. The lowest BCUT2D eigenvalue weighted by atomic mass is 9.95. The zero-order valence-corrected chi connectivity index (χ0v) is 23.9. The fraction of sp³-hybridized carbons (Fsp3) is 0.219. The second-order valence-corrected chi connectivity index (χ2v) is 10.1. The van der Waals surface area contributed by atoms with Gasteiger partial charge < -0.3 is 18.9 Å². The Bertz CT molecular complexity index is 1910. The number of terminal acetylenes is 1. The van der Waals surface area contributed by atoms with Crippen LogP contribution in [0.1, 0.15) is 31.0 Å². The van der Waals surface area contributed by atoms with Crippen LogP contribution < -0.4 is 29.1 Å². The number of hydrogen-bond acceptors (Lipinski definition) is 8. The number of fused-ring (bicyclic) bond motifs is 2. The third-order valence-electron chi connectivity index (χ3n) is 6.76. The van der Waals surface area contributed by atoms with Crippen LogP contribution in [0.5, 0.6) is 17.2 Å². The average Bonchev–Trinajstić information content (AvgIpc) is 3.29. The van der Waals surface area contributed by atoms with Gasteiger partial charge >= 0.3 is 5.97 Å². The summed E-state index contributed by atoms with van der Waals surface area (Å²) < 4.78 is 24.1. The summed E-state index contributed by atoms with van der Waals surface area (Å²) >= 11 is 1.23. The molecule has 0 bridgehead atoms. The molecule has 1 aromatic heterocycles. The number of carbonyl (C=O) groups excluding carboxylic acids is 1. The summed E-state index contributed by atoms with van der Waals surface area (Å²) in [6.07, 6.45) is 7.25. The van der Waals surface area contributed by atoms with Crippen LogP contribution in [0, 0.1) is 12.3 Å². The van der Waals surface area contributed by atoms with Gasteiger partial charge in [-0.15, -0.1) is 6.42 Å². The van der Waals surface area contributed by atoms with Crippen LogP contribution in [0.4, 0.5) is 0 Å². The van der Waals surface area contributed by atoms with Crippen LogP contribution >= 0.6 is 11.3 Å². The van der Waals surface area contributed by atoms with Gasteiger partial charge in [-0.3, -0.25) is 9.36 Å². The Labute approximate surface area is 240 Å². The molecule has 1 aliphatic rings. The molecule has 0 amide bonds. The summed E-state index contributed by atoms with van der Waals surface area (Å²) in [5, 5.41) is 1.90. The summed E-state index contributed by atoms with van der Waals surface area (Å²) in [6.45, 7) is 3.74. The van der Waals surface area contributed by atoms with E-state index in [0.29, 0.717) is 37.8 Å². The molecular formula is C32H28N2O6S. The van der Waals surface area contributed by atoms with Crippen molar-refractivity contribution in [3.05, 3.63) is 96.7 Å². The molecule has 5 rings (SSSR count). The van der Waals surface area contributed by atoms with Crippen LogP contribution in [0.15, 0.2) is 75.7 Å². The van der Waals surface area contributed by atoms with Crippen LogP contribution in [0.2, 0.25) is 0 Å². The van der Waals surface area contributed by atoms with Gasteiger partial charge in [-0.05, 0) is 54.5 Å². The molecule has 208 valence electrons. The molecule has 0 unspecified atom stereocenters. The largest absolute Gasteiger partial charge is 0.493 e. The molecule has 0 saturated heterocycles. The molecule has 0 N–H and O–H groups in total. The molecule has 0 radical (unpaired) electrons. The number of ether oxygens (including phenoxy) is 4. The Morgan fingerprint density at radius 3 is 2.59 bits per heavy atom. The molecular weight excluding hydrogens is 540 g/mol. The quantitative estimate of drug-likeness (QED) is 0.236. The minimum atomic E-state index is -0.795. The van der Waals surface area contributed by atoms with Gasteiger partial charge in [0, 0.05) is 5.56 Å². The number of aromatic nitrogens is 1. The maximum atomic E-state index is 14.2. The standard InChI is InChI=1S/C32H28N2O6S/c1-6-16-40-24-14-12-20-10-8-9-11-22(20)23(24)18-27-30(35)34-29(21-13-15-25(37-4)26(17-21)38-5)28(31(36)39-7-2)19(3)33-32(34)41-27/h1,8-15,17-18,29H,7,16H2,2-5H3/b27-18-/t29-/m1/s1. The molecule has 1 aliphatic heterocycles. The van der Waals surface area contributed by atoms with E-state index >= 15 is 0 Å². The molecule has 0 saturated carbocycles. The Morgan fingerprint density at radius 1 is 1.10 bits per heavy atom. The summed E-state index contributed by atoms with van der Waals surface area (Å²) in [7, 11) is 3.08. The summed E-state index contributed by atoms with van der Waals surface area (Å²) in [5.41, 5.74) is 1.82. The van der Waals surface area contributed by atoms with E-state index in [1.54, 1.807) is 45.2 Å². The lowest BCUT2D eigenvalue weighted by molar-refractivity contribution is -0.139. The van der Waals surface area contributed by atoms with E-state index in [2.05, 4.69) is 10.9 Å². The number of hydrogen-bond donors (Lipinski definition) is 0. The first kappa shape index (κ1) is 27.7. The van der Waals surface area contributed by atoms with Gasteiger partial charge in [-0.25, -0.2) is 9.79 Å². The Balaban J connectivity index is 1.78. The Morgan fingerprint density at radius 2 is 1.85 bits per heavy atom. The molecule has 0 fully saturated rings. The molecule has 0 spiro atoms. The van der Waals surface area contributed by atoms with E-state index in [0.717, 1.165) is 16.3 Å². The first-order chi connectivity index (χ1) is 19.9. The van der Waals surface area contributed by atoms with Gasteiger partial charge in [0.05, 0.1) is 42.7 Å². The zero-order chi connectivity index (χ0) is 29.1. The fourth-order valence-corrected chi connectivity index (χ4v) is 5.96.